The van der Waals surface area contributed by atoms with Gasteiger partial charge in [-0.2, -0.15) is 0 Å². The van der Waals surface area contributed by atoms with E-state index >= 15 is 0 Å². The van der Waals surface area contributed by atoms with Gasteiger partial charge in [0.15, 0.2) is 92.2 Å². The zero-order valence-electron chi connectivity index (χ0n) is 68.1. The summed E-state index contributed by atoms with van der Waals surface area (Å²) in [6.45, 7) is 0. The molecule has 6 unspecified atom stereocenters. The number of hydrogen-bond donors (Lipinski definition) is 19. The molecule has 35 heteroatoms. The maximum Gasteiger partial charge on any atom is 0.174 e. The van der Waals surface area contributed by atoms with Crippen molar-refractivity contribution in [2.45, 2.75) is 75.1 Å². The van der Waals surface area contributed by atoms with Gasteiger partial charge in [-0.1, -0.05) is 42.5 Å². The molecule has 0 radical (unpaired) electrons. The van der Waals surface area contributed by atoms with Crippen LogP contribution in [0.2, 0.25) is 0 Å². The van der Waals surface area contributed by atoms with E-state index in [1.165, 1.54) is 144 Å². The molecule has 6 atom stereocenters. The fourth-order valence-corrected chi connectivity index (χ4v) is 14.6. The van der Waals surface area contributed by atoms with Gasteiger partial charge in [0.1, 0.15) is 179 Å². The minimum absolute atomic E-state index is 0.0101. The summed E-state index contributed by atoms with van der Waals surface area (Å²) in [6.07, 6.45) is -3.36. The molecule has 6 aliphatic heterocycles. The van der Waals surface area contributed by atoms with E-state index in [2.05, 4.69) is 0 Å². The predicted molar refractivity (Wildman–Crippen MR) is 449 cm³/mol. The van der Waals surface area contributed by atoms with E-state index in [0.29, 0.717) is 44.9 Å². The van der Waals surface area contributed by atoms with Gasteiger partial charge in [0.05, 0.1) is 67.0 Å². The monoisotopic (exact) mass is 1770 g/mol. The molecule has 12 aromatic rings. The second-order valence-corrected chi connectivity index (χ2v) is 29.5. The van der Waals surface area contributed by atoms with E-state index in [9.17, 15) is 126 Å². The van der Waals surface area contributed by atoms with E-state index in [4.69, 9.17) is 47.4 Å². The average molecular weight is 1770 g/mol. The summed E-state index contributed by atoms with van der Waals surface area (Å²) in [6, 6.07) is 43.5. The Morgan fingerprint density at radius 2 is 0.457 bits per heavy atom. The van der Waals surface area contributed by atoms with Crippen molar-refractivity contribution in [1.82, 2.24) is 0 Å². The molecule has 35 nitrogen and oxygen atoms in total. The van der Waals surface area contributed by atoms with Crippen molar-refractivity contribution >= 4 is 34.7 Å². The summed E-state index contributed by atoms with van der Waals surface area (Å²) >= 11 is 0. The number of methoxy groups -OCH3 is 4. The molecule has 0 fully saturated rings. The molecule has 129 heavy (non-hydrogen) atoms. The molecule has 6 aliphatic rings. The molecular weight excluding hydrogens is 1690 g/mol. The van der Waals surface area contributed by atoms with Gasteiger partial charge in [0.2, 0.25) is 0 Å². The number of ether oxygens (including phenoxy) is 10. The lowest BCUT2D eigenvalue weighted by atomic mass is 9.95. The summed E-state index contributed by atoms with van der Waals surface area (Å²) in [7, 11) is 5.72. The highest BCUT2D eigenvalue weighted by atomic mass is 16.5. The maximum absolute atomic E-state index is 12.4. The Bertz CT molecular complexity index is 6340. The summed E-state index contributed by atoms with van der Waals surface area (Å²) < 4.78 is 54.3. The van der Waals surface area contributed by atoms with E-state index < -0.39 is 36.6 Å². The van der Waals surface area contributed by atoms with Crippen LogP contribution in [0.25, 0.3) is 0 Å². The highest BCUT2D eigenvalue weighted by molar-refractivity contribution is 6.06. The van der Waals surface area contributed by atoms with Gasteiger partial charge in [0, 0.05) is 72.8 Å². The smallest absolute Gasteiger partial charge is 0.174 e. The lowest BCUT2D eigenvalue weighted by molar-refractivity contribution is 0.0834. The van der Waals surface area contributed by atoms with E-state index in [1.807, 2.05) is 0 Å². The van der Waals surface area contributed by atoms with E-state index in [1.54, 1.807) is 48.5 Å². The molecule has 0 spiro atoms. The predicted octanol–water partition coefficient (Wildman–Crippen LogP) is 14.8. The molecule has 12 aromatic carbocycles. The number of ketones is 6. The van der Waals surface area contributed by atoms with Crippen molar-refractivity contribution in [3.63, 3.8) is 0 Å². The maximum atomic E-state index is 12.4. The highest BCUT2D eigenvalue weighted by Gasteiger charge is 2.38. The summed E-state index contributed by atoms with van der Waals surface area (Å²) in [4.78, 5) is 73.2. The zero-order valence-corrected chi connectivity index (χ0v) is 68.1. The Labute approximate surface area is 729 Å². The Hall–Kier alpha value is -17.1. The van der Waals surface area contributed by atoms with Crippen molar-refractivity contribution in [3.8, 4) is 167 Å². The number of Topliss-reactive ketones (excluding diaryl/α,β-unsaturated/α-hetero) is 6. The largest absolute Gasteiger partial charge is 0.508 e. The molecule has 0 aromatic heterocycles. The van der Waals surface area contributed by atoms with Crippen molar-refractivity contribution in [1.29, 1.82) is 0 Å². The van der Waals surface area contributed by atoms with Crippen LogP contribution in [-0.2, 0) is 0 Å². The van der Waals surface area contributed by atoms with Crippen LogP contribution in [-0.4, -0.2) is 160 Å². The first-order valence-electron chi connectivity index (χ1n) is 38.8. The minimum atomic E-state index is -0.669. The number of carbonyl (C=O) groups is 6. The average Bonchev–Trinajstić information content (AvgIpc) is 0.796. The highest BCUT2D eigenvalue weighted by Crippen LogP contribution is 2.51. The standard InChI is InChI=1S/4C16H14O6.C15H12O6.C15H12O5/c1-21-13-3-2-8(4-10(13)18)14-7-12(20)16-11(19)5-9(17)6-15(16)22-14;1-21-14-4-8(2-3-10(14)18)13-7-12(20)16-11(19)5-9(17)6-15(16)22-13;1-21-14-5-9(17)6-15-16(14)12(20)7-13(22-15)8-2-3-10(18)11(19)4-8;1-21-9-5-12(19)16-13(20)7-14(22-15(16)6-9)8-2-3-10(17)11(18)4-8;16-8-4-11(19)15-12(20)6-13(21-14(15)5-8)7-1-2-9(17)10(18)3-7;16-9-3-1-8(2-4-9)13-7-12(19)15-11(18)5-10(17)6-14(15)20-13/h2-6,14,17-19H,7H2,1H3;2*2-6,13,17-19H,7H2,1H3;2-6,14,17-19H,7H2,1H3;1-5,13,16-19H,6H2;1-6,13,16-18H,7H2. The van der Waals surface area contributed by atoms with Crippen LogP contribution in [0.4, 0.5) is 0 Å². The fraction of sp³-hybridized carbons (Fsp3) is 0.170. The van der Waals surface area contributed by atoms with E-state index in [0.717, 1.165) is 29.8 Å². The molecule has 6 heterocycles. The first kappa shape index (κ1) is 89.6. The summed E-state index contributed by atoms with van der Waals surface area (Å²) in [5.41, 5.74) is 4.28. The van der Waals surface area contributed by atoms with Gasteiger partial charge in [-0.3, -0.25) is 28.8 Å². The lowest BCUT2D eigenvalue weighted by Crippen LogP contribution is -2.21. The minimum Gasteiger partial charge on any atom is -0.508 e. The zero-order chi connectivity index (χ0) is 92.8. The number of phenolic OH excluding ortho intramolecular Hbond substituents is 19. The fourth-order valence-electron chi connectivity index (χ4n) is 14.6. The number of fused-ring (bicyclic) bond motifs is 6. The SMILES string of the molecule is COc1cc(C2CC(=O)c3c(O)cc(O)cc3O2)ccc1O.COc1cc(O)c2c(c1)OC(c1ccc(O)c(O)c1)CC2=O.COc1cc(O)cc2c1C(=O)CC(c1ccc(O)c(O)c1)O2.COc1ccc(C2CC(=O)c3c(O)cc(O)cc3O2)cc1O.O=C1CC(c2ccc(O)c(O)c2)Oc2cc(O)cc(O)c21.O=C1CC(c2ccc(O)cc2)Oc2cc(O)cc(O)c21. The van der Waals surface area contributed by atoms with Crippen LogP contribution >= 0.6 is 0 Å². The number of hydrogen-bond acceptors (Lipinski definition) is 35. The van der Waals surface area contributed by atoms with Crippen LogP contribution in [0.15, 0.2) is 188 Å². The molecule has 0 saturated carbocycles. The lowest BCUT2D eigenvalue weighted by Gasteiger charge is -2.26. The molecule has 666 valence electrons. The van der Waals surface area contributed by atoms with Gasteiger partial charge in [0.25, 0.3) is 0 Å². The van der Waals surface area contributed by atoms with Crippen molar-refractivity contribution < 1.29 is 173 Å². The Morgan fingerprint density at radius 1 is 0.202 bits per heavy atom. The van der Waals surface area contributed by atoms with Crippen molar-refractivity contribution in [2.75, 3.05) is 28.4 Å². The third-order valence-corrected chi connectivity index (χ3v) is 20.9. The van der Waals surface area contributed by atoms with Gasteiger partial charge in [-0.15, -0.1) is 0 Å². The van der Waals surface area contributed by atoms with Gasteiger partial charge < -0.3 is 144 Å². The van der Waals surface area contributed by atoms with E-state index in [-0.39, 0.29) is 256 Å². The topological polar surface area (TPSA) is 579 Å². The quantitative estimate of drug-likeness (QED) is 0.0565. The Balaban J connectivity index is 0.000000132. The second kappa shape index (κ2) is 37.5. The summed E-state index contributed by atoms with van der Waals surface area (Å²) in [5, 5.41) is 182. The molecule has 19 N–H and O–H groups in total. The van der Waals surface area contributed by atoms with Crippen LogP contribution < -0.4 is 47.4 Å². The molecule has 0 aliphatic carbocycles. The first-order valence-corrected chi connectivity index (χ1v) is 38.8. The van der Waals surface area contributed by atoms with Crippen LogP contribution in [0.3, 0.4) is 0 Å². The number of rotatable bonds is 10. The molecule has 0 saturated heterocycles. The van der Waals surface area contributed by atoms with Crippen LogP contribution in [0.1, 0.15) is 171 Å². The van der Waals surface area contributed by atoms with Crippen LogP contribution in [0, 0.1) is 0 Å². The van der Waals surface area contributed by atoms with Gasteiger partial charge >= 0.3 is 0 Å². The Kier molecular flexibility index (Phi) is 26.1. The molecule has 0 amide bonds. The summed E-state index contributed by atoms with van der Waals surface area (Å²) in [5.74, 6) is -3.24. The number of carbonyl (C=O) groups excluding carboxylic acids is 6. The van der Waals surface area contributed by atoms with Gasteiger partial charge in [-0.05, 0) is 106 Å². The number of aromatic hydroxyl groups is 19. The third kappa shape index (κ3) is 19.8. The Morgan fingerprint density at radius 3 is 0.767 bits per heavy atom. The van der Waals surface area contributed by atoms with Crippen molar-refractivity contribution in [2.24, 2.45) is 0 Å². The first-order chi connectivity index (χ1) is 61.5. The number of phenols is 19. The van der Waals surface area contributed by atoms with Gasteiger partial charge in [-0.25, -0.2) is 0 Å². The van der Waals surface area contributed by atoms with Crippen LogP contribution in [0.5, 0.6) is 167 Å². The second-order valence-electron chi connectivity index (χ2n) is 29.5. The molecule has 0 bridgehead atoms. The van der Waals surface area contributed by atoms with Crippen molar-refractivity contribution in [3.05, 3.63) is 255 Å². The normalized spacial score (nSPS) is 16.9. The third-order valence-electron chi connectivity index (χ3n) is 20.9. The molecule has 18 rings (SSSR count). The number of benzene rings is 12. The molecular formula is C94H80O35.